The van der Waals surface area contributed by atoms with Crippen molar-refractivity contribution in [2.24, 2.45) is 0 Å². The lowest BCUT2D eigenvalue weighted by Crippen LogP contribution is -2.42. The van der Waals surface area contributed by atoms with E-state index >= 15 is 0 Å². The predicted molar refractivity (Wildman–Crippen MR) is 62.3 cm³/mol. The maximum Gasteiger partial charge on any atom is 0.307 e. The molecule has 0 spiro atoms. The van der Waals surface area contributed by atoms with Crippen LogP contribution < -0.4 is 10.2 Å². The summed E-state index contributed by atoms with van der Waals surface area (Å²) in [6.45, 7) is 6.96. The Labute approximate surface area is 93.6 Å². The summed E-state index contributed by atoms with van der Waals surface area (Å²) in [5.41, 5.74) is -0.0133. The van der Waals surface area contributed by atoms with E-state index in [0.717, 1.165) is 11.3 Å². The van der Waals surface area contributed by atoms with Gasteiger partial charge in [0, 0.05) is 23.7 Å². The van der Waals surface area contributed by atoms with E-state index in [-0.39, 0.29) is 10.4 Å². The van der Waals surface area contributed by atoms with Crippen LogP contribution in [0.4, 0.5) is 0 Å². The molecule has 0 aliphatic carbocycles. The lowest BCUT2D eigenvalue weighted by Gasteiger charge is -2.22. The van der Waals surface area contributed by atoms with Gasteiger partial charge in [-0.1, -0.05) is 11.3 Å². The Morgan fingerprint density at radius 2 is 2.27 bits per heavy atom. The quantitative estimate of drug-likeness (QED) is 0.799. The summed E-state index contributed by atoms with van der Waals surface area (Å²) in [7, 11) is 0. The van der Waals surface area contributed by atoms with Gasteiger partial charge in [0.05, 0.1) is 12.6 Å². The SMILES string of the molecule is CC(C)(C)NCC(O)Cn1ccsc1=O. The van der Waals surface area contributed by atoms with Crippen molar-refractivity contribution >= 4 is 11.3 Å². The van der Waals surface area contributed by atoms with Gasteiger partial charge in [0.2, 0.25) is 0 Å². The number of aromatic nitrogens is 1. The summed E-state index contributed by atoms with van der Waals surface area (Å²) < 4.78 is 1.53. The Morgan fingerprint density at radius 1 is 1.60 bits per heavy atom. The molecule has 1 unspecified atom stereocenters. The summed E-state index contributed by atoms with van der Waals surface area (Å²) >= 11 is 1.15. The minimum Gasteiger partial charge on any atom is -0.390 e. The van der Waals surface area contributed by atoms with Crippen LogP contribution in [0.2, 0.25) is 0 Å². The summed E-state index contributed by atoms with van der Waals surface area (Å²) in [4.78, 5) is 11.2. The molecule has 0 amide bonds. The Kier molecular flexibility index (Phi) is 4.07. The zero-order valence-electron chi connectivity index (χ0n) is 9.36. The van der Waals surface area contributed by atoms with E-state index < -0.39 is 6.10 Å². The molecule has 1 heterocycles. The van der Waals surface area contributed by atoms with Crippen LogP contribution in [-0.4, -0.2) is 27.9 Å². The number of aliphatic hydroxyl groups is 1. The van der Waals surface area contributed by atoms with Gasteiger partial charge in [-0.15, -0.1) is 0 Å². The largest absolute Gasteiger partial charge is 0.390 e. The normalized spacial score (nSPS) is 14.1. The standard InChI is InChI=1S/C10H18N2O2S/c1-10(2,3)11-6-8(13)7-12-4-5-15-9(12)14/h4-5,8,11,13H,6-7H2,1-3H3. The number of aliphatic hydroxyl groups excluding tert-OH is 1. The molecule has 5 heteroatoms. The van der Waals surface area contributed by atoms with Gasteiger partial charge in [-0.05, 0) is 20.8 Å². The fourth-order valence-corrected chi connectivity index (χ4v) is 1.74. The van der Waals surface area contributed by atoms with Gasteiger partial charge < -0.3 is 15.0 Å². The molecule has 4 nitrogen and oxygen atoms in total. The molecule has 0 saturated carbocycles. The van der Waals surface area contributed by atoms with Gasteiger partial charge in [-0.2, -0.15) is 0 Å². The van der Waals surface area contributed by atoms with E-state index in [1.807, 2.05) is 20.8 Å². The molecule has 1 aromatic rings. The van der Waals surface area contributed by atoms with Gasteiger partial charge in [0.25, 0.3) is 0 Å². The first-order valence-corrected chi connectivity index (χ1v) is 5.83. The van der Waals surface area contributed by atoms with Crippen LogP contribution in [-0.2, 0) is 6.54 Å². The first kappa shape index (κ1) is 12.4. The Morgan fingerprint density at radius 3 is 2.73 bits per heavy atom. The number of hydrogen-bond donors (Lipinski definition) is 2. The van der Waals surface area contributed by atoms with Crippen LogP contribution in [0.1, 0.15) is 20.8 Å². The fraction of sp³-hybridized carbons (Fsp3) is 0.700. The van der Waals surface area contributed by atoms with Crippen molar-refractivity contribution < 1.29 is 5.11 Å². The maximum absolute atomic E-state index is 11.2. The highest BCUT2D eigenvalue weighted by molar-refractivity contribution is 7.07. The molecule has 1 rings (SSSR count). The Balaban J connectivity index is 2.40. The van der Waals surface area contributed by atoms with E-state index in [2.05, 4.69) is 5.32 Å². The molecule has 0 aliphatic heterocycles. The topological polar surface area (TPSA) is 54.3 Å². The molecule has 0 radical (unpaired) electrons. The van der Waals surface area contributed by atoms with Crippen molar-refractivity contribution in [3.05, 3.63) is 21.2 Å². The Hall–Kier alpha value is -0.650. The van der Waals surface area contributed by atoms with Crippen molar-refractivity contribution in [3.8, 4) is 0 Å². The first-order valence-electron chi connectivity index (χ1n) is 4.95. The molecule has 15 heavy (non-hydrogen) atoms. The van der Waals surface area contributed by atoms with Crippen molar-refractivity contribution in [2.45, 2.75) is 39.0 Å². The Bertz CT molecular complexity index is 351. The summed E-state index contributed by atoms with van der Waals surface area (Å²) in [6.07, 6.45) is 1.17. The average molecular weight is 230 g/mol. The van der Waals surface area contributed by atoms with Crippen LogP contribution in [0.5, 0.6) is 0 Å². The summed E-state index contributed by atoms with van der Waals surface area (Å²) in [5, 5.41) is 14.6. The third-order valence-corrected chi connectivity index (χ3v) is 2.61. The highest BCUT2D eigenvalue weighted by Crippen LogP contribution is 1.99. The van der Waals surface area contributed by atoms with Crippen LogP contribution >= 0.6 is 11.3 Å². The molecular weight excluding hydrogens is 212 g/mol. The molecular formula is C10H18N2O2S. The van der Waals surface area contributed by atoms with E-state index in [0.29, 0.717) is 13.1 Å². The predicted octanol–water partition coefficient (Wildman–Crippen LogP) is 0.659. The van der Waals surface area contributed by atoms with Gasteiger partial charge in [0.1, 0.15) is 0 Å². The van der Waals surface area contributed by atoms with E-state index in [4.69, 9.17) is 0 Å². The average Bonchev–Trinajstić information content (AvgIpc) is 2.47. The molecule has 1 aromatic heterocycles. The minimum atomic E-state index is -0.531. The van der Waals surface area contributed by atoms with Crippen molar-refractivity contribution in [1.29, 1.82) is 0 Å². The molecule has 0 saturated heterocycles. The number of nitrogens with one attached hydrogen (secondary N) is 1. The van der Waals surface area contributed by atoms with E-state index in [1.54, 1.807) is 11.6 Å². The van der Waals surface area contributed by atoms with Crippen molar-refractivity contribution in [3.63, 3.8) is 0 Å². The van der Waals surface area contributed by atoms with Gasteiger partial charge in [-0.25, -0.2) is 0 Å². The van der Waals surface area contributed by atoms with Crippen LogP contribution in [0, 0.1) is 0 Å². The second kappa shape index (κ2) is 4.92. The zero-order chi connectivity index (χ0) is 11.5. The van der Waals surface area contributed by atoms with Gasteiger partial charge in [-0.3, -0.25) is 4.79 Å². The maximum atomic E-state index is 11.2. The van der Waals surface area contributed by atoms with Crippen molar-refractivity contribution in [2.75, 3.05) is 6.54 Å². The summed E-state index contributed by atoms with van der Waals surface area (Å²) in [5.74, 6) is 0. The highest BCUT2D eigenvalue weighted by Gasteiger charge is 2.12. The van der Waals surface area contributed by atoms with Crippen LogP contribution in [0.25, 0.3) is 0 Å². The lowest BCUT2D eigenvalue weighted by molar-refractivity contribution is 0.141. The summed E-state index contributed by atoms with van der Waals surface area (Å²) in [6, 6.07) is 0. The fourth-order valence-electron chi connectivity index (χ4n) is 1.14. The van der Waals surface area contributed by atoms with Crippen molar-refractivity contribution in [1.82, 2.24) is 9.88 Å². The second-order valence-corrected chi connectivity index (χ2v) is 5.46. The molecule has 0 bridgehead atoms. The van der Waals surface area contributed by atoms with Crippen LogP contribution in [0.3, 0.4) is 0 Å². The molecule has 2 N–H and O–H groups in total. The van der Waals surface area contributed by atoms with E-state index in [9.17, 15) is 9.90 Å². The lowest BCUT2D eigenvalue weighted by atomic mass is 10.1. The number of β-amino-alcohol motifs (C(OH)–C–C–N with tert-alkyl or cyclic N) is 1. The van der Waals surface area contributed by atoms with Gasteiger partial charge >= 0.3 is 4.87 Å². The minimum absolute atomic E-state index is 0.0133. The van der Waals surface area contributed by atoms with E-state index in [1.165, 1.54) is 4.57 Å². The highest BCUT2D eigenvalue weighted by atomic mass is 32.1. The molecule has 1 atom stereocenters. The monoisotopic (exact) mass is 230 g/mol. The van der Waals surface area contributed by atoms with Crippen LogP contribution in [0.15, 0.2) is 16.4 Å². The number of thiazole rings is 1. The third-order valence-electron chi connectivity index (χ3n) is 1.92. The second-order valence-electron chi connectivity index (χ2n) is 4.61. The third kappa shape index (κ3) is 4.59. The smallest absolute Gasteiger partial charge is 0.307 e. The molecule has 0 aromatic carbocycles. The zero-order valence-corrected chi connectivity index (χ0v) is 10.2. The number of rotatable bonds is 4. The molecule has 86 valence electrons. The molecule has 0 aliphatic rings. The van der Waals surface area contributed by atoms with Gasteiger partial charge in [0.15, 0.2) is 0 Å². The molecule has 0 fully saturated rings. The number of nitrogens with zero attached hydrogens (tertiary/aromatic N) is 1. The first-order chi connectivity index (χ1) is 6.88. The number of hydrogen-bond acceptors (Lipinski definition) is 4.